The Kier molecular flexibility index (Phi) is 7.32. The molecule has 0 saturated carbocycles. The fraction of sp³-hybridized carbons (Fsp3) is 0.263. The van der Waals surface area contributed by atoms with Crippen molar-refractivity contribution in [1.82, 2.24) is 5.43 Å². The number of aromatic hydroxyl groups is 1. The number of hydrogen-bond acceptors (Lipinski definition) is 7. The summed E-state index contributed by atoms with van der Waals surface area (Å²) in [5.41, 5.74) is 3.36. The molecule has 1 amide bonds. The molecule has 0 bridgehead atoms. The molecule has 2 aromatic rings. The Bertz CT molecular complexity index is 865. The van der Waals surface area contributed by atoms with Crippen molar-refractivity contribution in [2.24, 2.45) is 5.10 Å². The summed E-state index contributed by atoms with van der Waals surface area (Å²) in [5, 5.41) is 24.8. The second-order valence-electron chi connectivity index (χ2n) is 5.72. The van der Waals surface area contributed by atoms with Crippen molar-refractivity contribution in [3.63, 3.8) is 0 Å². The number of hydrazone groups is 1. The van der Waals surface area contributed by atoms with Crippen LogP contribution in [0.15, 0.2) is 47.6 Å². The lowest BCUT2D eigenvalue weighted by molar-refractivity contribution is -0.385. The van der Waals surface area contributed by atoms with Gasteiger partial charge in [0.1, 0.15) is 5.75 Å². The van der Waals surface area contributed by atoms with Crippen LogP contribution in [0.1, 0.15) is 19.4 Å². The minimum atomic E-state index is -0.589. The van der Waals surface area contributed by atoms with Gasteiger partial charge in [0.05, 0.1) is 11.1 Å². The summed E-state index contributed by atoms with van der Waals surface area (Å²) in [7, 11) is 0. The van der Waals surface area contributed by atoms with Gasteiger partial charge in [-0.3, -0.25) is 14.9 Å². The monoisotopic (exact) mass is 386 g/mol. The number of nitrogens with zero attached hydrogens (tertiary/aromatic N) is 3. The van der Waals surface area contributed by atoms with Gasteiger partial charge in [0.15, 0.2) is 12.4 Å². The van der Waals surface area contributed by atoms with E-state index < -0.39 is 17.4 Å². The molecular formula is C19H22N4O5. The van der Waals surface area contributed by atoms with Crippen LogP contribution in [-0.2, 0) is 4.79 Å². The molecule has 0 fully saturated rings. The summed E-state index contributed by atoms with van der Waals surface area (Å²) in [5.74, 6) is -0.552. The van der Waals surface area contributed by atoms with Gasteiger partial charge >= 0.3 is 5.69 Å². The molecule has 0 aromatic heterocycles. The maximum Gasteiger partial charge on any atom is 0.310 e. The molecule has 28 heavy (non-hydrogen) atoms. The Hall–Kier alpha value is -3.62. The molecule has 0 aliphatic heterocycles. The van der Waals surface area contributed by atoms with Gasteiger partial charge in [-0.15, -0.1) is 0 Å². The number of ether oxygens (including phenoxy) is 1. The Morgan fingerprint density at radius 1 is 1.29 bits per heavy atom. The number of para-hydroxylation sites is 2. The van der Waals surface area contributed by atoms with Crippen molar-refractivity contribution < 1.29 is 19.6 Å². The van der Waals surface area contributed by atoms with Crippen LogP contribution in [0.2, 0.25) is 0 Å². The molecule has 2 aromatic carbocycles. The van der Waals surface area contributed by atoms with Crippen molar-refractivity contribution >= 4 is 23.5 Å². The number of nitro groups is 1. The van der Waals surface area contributed by atoms with Gasteiger partial charge in [-0.25, -0.2) is 5.43 Å². The first-order chi connectivity index (χ1) is 13.5. The standard InChI is InChI=1S/C19H22N4O5/c1-3-22(4-2)15-10-9-14(17(24)11-15)12-20-21-19(25)13-28-18-8-6-5-7-16(18)23(26)27/h5-12,24H,3-4,13H2,1-2H3,(H,21,25)/b20-12+. The van der Waals surface area contributed by atoms with Gasteiger partial charge in [0, 0.05) is 36.5 Å². The van der Waals surface area contributed by atoms with Gasteiger partial charge in [0.2, 0.25) is 0 Å². The van der Waals surface area contributed by atoms with Gasteiger partial charge in [-0.05, 0) is 32.0 Å². The van der Waals surface area contributed by atoms with Crippen LogP contribution in [0.25, 0.3) is 0 Å². The first-order valence-electron chi connectivity index (χ1n) is 8.72. The van der Waals surface area contributed by atoms with Crippen molar-refractivity contribution in [3.05, 3.63) is 58.1 Å². The molecular weight excluding hydrogens is 364 g/mol. The van der Waals surface area contributed by atoms with E-state index in [1.165, 1.54) is 24.4 Å². The largest absolute Gasteiger partial charge is 0.507 e. The van der Waals surface area contributed by atoms with E-state index in [4.69, 9.17) is 4.74 Å². The molecule has 0 aliphatic rings. The van der Waals surface area contributed by atoms with Crippen LogP contribution in [0.3, 0.4) is 0 Å². The third-order valence-corrected chi connectivity index (χ3v) is 3.96. The predicted octanol–water partition coefficient (Wildman–Crippen LogP) is 2.68. The number of carbonyl (C=O) groups is 1. The quantitative estimate of drug-likeness (QED) is 0.389. The van der Waals surface area contributed by atoms with E-state index in [2.05, 4.69) is 15.4 Å². The maximum atomic E-state index is 11.8. The van der Waals surface area contributed by atoms with E-state index in [0.717, 1.165) is 18.8 Å². The van der Waals surface area contributed by atoms with E-state index in [9.17, 15) is 20.0 Å². The summed E-state index contributed by atoms with van der Waals surface area (Å²) in [6.07, 6.45) is 1.31. The zero-order chi connectivity index (χ0) is 20.5. The Morgan fingerprint density at radius 2 is 2.00 bits per heavy atom. The number of anilines is 1. The van der Waals surface area contributed by atoms with Crippen molar-refractivity contribution in [2.75, 3.05) is 24.6 Å². The third kappa shape index (κ3) is 5.44. The molecule has 0 atom stereocenters. The number of amides is 1. The number of hydrogen-bond donors (Lipinski definition) is 2. The fourth-order valence-corrected chi connectivity index (χ4v) is 2.51. The predicted molar refractivity (Wildman–Crippen MR) is 106 cm³/mol. The summed E-state index contributed by atoms with van der Waals surface area (Å²) in [6.45, 7) is 5.25. The molecule has 2 rings (SSSR count). The van der Waals surface area contributed by atoms with Crippen LogP contribution in [-0.4, -0.2) is 41.8 Å². The SMILES string of the molecule is CCN(CC)c1ccc(/C=N/NC(=O)COc2ccccc2[N+](=O)[O-])c(O)c1. The van der Waals surface area contributed by atoms with Crippen molar-refractivity contribution in [1.29, 1.82) is 0 Å². The number of benzene rings is 2. The van der Waals surface area contributed by atoms with Crippen LogP contribution < -0.4 is 15.1 Å². The molecule has 0 saturated heterocycles. The molecule has 148 valence electrons. The van der Waals surface area contributed by atoms with Crippen LogP contribution in [0.4, 0.5) is 11.4 Å². The highest BCUT2D eigenvalue weighted by atomic mass is 16.6. The lowest BCUT2D eigenvalue weighted by Gasteiger charge is -2.21. The Labute approximate surface area is 162 Å². The van der Waals surface area contributed by atoms with E-state index >= 15 is 0 Å². The molecule has 2 N–H and O–H groups in total. The molecule has 0 spiro atoms. The van der Waals surface area contributed by atoms with Crippen LogP contribution in [0, 0.1) is 10.1 Å². The number of rotatable bonds is 9. The lowest BCUT2D eigenvalue weighted by atomic mass is 10.2. The fourth-order valence-electron chi connectivity index (χ4n) is 2.51. The summed E-state index contributed by atoms with van der Waals surface area (Å²) in [6, 6.07) is 11.0. The third-order valence-electron chi connectivity index (χ3n) is 3.96. The zero-order valence-electron chi connectivity index (χ0n) is 15.7. The molecule has 0 radical (unpaired) electrons. The smallest absolute Gasteiger partial charge is 0.310 e. The highest BCUT2D eigenvalue weighted by Gasteiger charge is 2.14. The van der Waals surface area contributed by atoms with Gasteiger partial charge < -0.3 is 14.7 Å². The average Bonchev–Trinajstić information content (AvgIpc) is 2.69. The molecule has 0 unspecified atom stereocenters. The maximum absolute atomic E-state index is 11.8. The molecule has 9 nitrogen and oxygen atoms in total. The highest BCUT2D eigenvalue weighted by Crippen LogP contribution is 2.25. The van der Waals surface area contributed by atoms with E-state index in [0.29, 0.717) is 5.56 Å². The Balaban J connectivity index is 1.92. The molecule has 0 heterocycles. The first-order valence-corrected chi connectivity index (χ1v) is 8.72. The summed E-state index contributed by atoms with van der Waals surface area (Å²) >= 11 is 0. The summed E-state index contributed by atoms with van der Waals surface area (Å²) in [4.78, 5) is 24.2. The normalized spacial score (nSPS) is 10.6. The van der Waals surface area contributed by atoms with E-state index in [1.54, 1.807) is 18.2 Å². The lowest BCUT2D eigenvalue weighted by Crippen LogP contribution is -2.24. The van der Waals surface area contributed by atoms with Crippen LogP contribution >= 0.6 is 0 Å². The minimum absolute atomic E-state index is 0.00346. The second kappa shape index (κ2) is 9.91. The number of nitro benzene ring substituents is 1. The molecule has 0 aliphatic carbocycles. The number of phenols is 1. The van der Waals surface area contributed by atoms with Gasteiger partial charge in [-0.1, -0.05) is 12.1 Å². The first kappa shape index (κ1) is 20.7. The van der Waals surface area contributed by atoms with E-state index in [-0.39, 0.29) is 17.2 Å². The van der Waals surface area contributed by atoms with Crippen molar-refractivity contribution in [2.45, 2.75) is 13.8 Å². The Morgan fingerprint density at radius 3 is 2.64 bits per heavy atom. The van der Waals surface area contributed by atoms with Gasteiger partial charge in [0.25, 0.3) is 5.91 Å². The minimum Gasteiger partial charge on any atom is -0.507 e. The second-order valence-corrected chi connectivity index (χ2v) is 5.72. The molecule has 9 heteroatoms. The van der Waals surface area contributed by atoms with E-state index in [1.807, 2.05) is 19.9 Å². The average molecular weight is 386 g/mol. The number of nitrogens with one attached hydrogen (secondary N) is 1. The van der Waals surface area contributed by atoms with Crippen LogP contribution in [0.5, 0.6) is 11.5 Å². The summed E-state index contributed by atoms with van der Waals surface area (Å²) < 4.78 is 5.17. The topological polar surface area (TPSA) is 117 Å². The highest BCUT2D eigenvalue weighted by molar-refractivity contribution is 5.86. The van der Waals surface area contributed by atoms with Gasteiger partial charge in [-0.2, -0.15) is 5.10 Å². The zero-order valence-corrected chi connectivity index (χ0v) is 15.7. The number of phenolic OH excluding ortho intramolecular Hbond substituents is 1. The number of carbonyl (C=O) groups excluding carboxylic acids is 1. The van der Waals surface area contributed by atoms with Crippen molar-refractivity contribution in [3.8, 4) is 11.5 Å².